The molecule has 0 fully saturated rings. The van der Waals surface area contributed by atoms with E-state index >= 15 is 0 Å². The Kier molecular flexibility index (Phi) is 7.14. The zero-order chi connectivity index (χ0) is 15.9. The fraction of sp³-hybridized carbons (Fsp3) is 0.500. The van der Waals surface area contributed by atoms with Gasteiger partial charge in [0.05, 0.1) is 12.0 Å². The molecule has 0 radical (unpaired) electrons. The average molecular weight is 334 g/mol. The maximum atomic E-state index is 12.1. The summed E-state index contributed by atoms with van der Waals surface area (Å²) >= 11 is 5.93. The lowest BCUT2D eigenvalue weighted by atomic mass is 10.2. The van der Waals surface area contributed by atoms with Crippen LogP contribution < -0.4 is 4.72 Å². The Morgan fingerprint density at radius 3 is 2.67 bits per heavy atom. The number of unbranched alkanes of at least 4 members (excludes halogenated alkanes) is 2. The third-order valence-electron chi connectivity index (χ3n) is 3.08. The van der Waals surface area contributed by atoms with E-state index < -0.39 is 10.0 Å². The SMILES string of the molecule is COC(=O)CCCCCNS(=O)(=O)c1cccc(Cl)c1C. The summed E-state index contributed by atoms with van der Waals surface area (Å²) in [5.74, 6) is -0.245. The maximum Gasteiger partial charge on any atom is 0.305 e. The fourth-order valence-corrected chi connectivity index (χ4v) is 3.41. The number of carbonyl (C=O) groups is 1. The van der Waals surface area contributed by atoms with Gasteiger partial charge in [-0.1, -0.05) is 24.1 Å². The van der Waals surface area contributed by atoms with E-state index in [0.29, 0.717) is 36.4 Å². The van der Waals surface area contributed by atoms with E-state index in [9.17, 15) is 13.2 Å². The van der Waals surface area contributed by atoms with Crippen LogP contribution >= 0.6 is 11.6 Å². The molecular formula is C14H20ClNO4S. The van der Waals surface area contributed by atoms with Gasteiger partial charge in [0.2, 0.25) is 10.0 Å². The molecule has 5 nitrogen and oxygen atoms in total. The highest BCUT2D eigenvalue weighted by Crippen LogP contribution is 2.22. The van der Waals surface area contributed by atoms with Crippen molar-refractivity contribution in [3.8, 4) is 0 Å². The van der Waals surface area contributed by atoms with Crippen LogP contribution in [0, 0.1) is 6.92 Å². The Balaban J connectivity index is 2.44. The second-order valence-corrected chi connectivity index (χ2v) is 6.79. The number of benzene rings is 1. The van der Waals surface area contributed by atoms with E-state index in [1.807, 2.05) is 0 Å². The molecule has 0 aliphatic rings. The predicted molar refractivity (Wildman–Crippen MR) is 81.9 cm³/mol. The summed E-state index contributed by atoms with van der Waals surface area (Å²) in [6, 6.07) is 4.80. The van der Waals surface area contributed by atoms with Crippen molar-refractivity contribution in [2.75, 3.05) is 13.7 Å². The summed E-state index contributed by atoms with van der Waals surface area (Å²) in [5.41, 5.74) is 0.539. The van der Waals surface area contributed by atoms with Crippen LogP contribution in [-0.2, 0) is 19.6 Å². The zero-order valence-corrected chi connectivity index (χ0v) is 13.8. The Hall–Kier alpha value is -1.11. The van der Waals surface area contributed by atoms with E-state index in [4.69, 9.17) is 11.6 Å². The lowest BCUT2D eigenvalue weighted by Crippen LogP contribution is -2.25. The van der Waals surface area contributed by atoms with Gasteiger partial charge in [-0.25, -0.2) is 13.1 Å². The molecule has 0 spiro atoms. The monoisotopic (exact) mass is 333 g/mol. The predicted octanol–water partition coefficient (Wildman–Crippen LogP) is 2.66. The van der Waals surface area contributed by atoms with Gasteiger partial charge in [0.25, 0.3) is 0 Å². The largest absolute Gasteiger partial charge is 0.469 e. The van der Waals surface area contributed by atoms with E-state index in [2.05, 4.69) is 9.46 Å². The summed E-state index contributed by atoms with van der Waals surface area (Å²) in [6.07, 6.45) is 2.46. The quantitative estimate of drug-likeness (QED) is 0.586. The van der Waals surface area contributed by atoms with Crippen LogP contribution in [0.2, 0.25) is 5.02 Å². The molecule has 0 atom stereocenters. The normalized spacial score (nSPS) is 11.4. The fourth-order valence-electron chi connectivity index (χ4n) is 1.84. The van der Waals surface area contributed by atoms with Crippen molar-refractivity contribution in [1.82, 2.24) is 4.72 Å². The number of nitrogens with one attached hydrogen (secondary N) is 1. The first-order valence-electron chi connectivity index (χ1n) is 6.70. The van der Waals surface area contributed by atoms with Gasteiger partial charge in [0.15, 0.2) is 0 Å². The number of rotatable bonds is 8. The van der Waals surface area contributed by atoms with Crippen LogP contribution in [0.1, 0.15) is 31.2 Å². The summed E-state index contributed by atoms with van der Waals surface area (Å²) in [6.45, 7) is 2.00. The first-order valence-corrected chi connectivity index (χ1v) is 8.56. The highest BCUT2D eigenvalue weighted by Gasteiger charge is 2.17. The first kappa shape index (κ1) is 17.9. The second-order valence-electron chi connectivity index (χ2n) is 4.65. The summed E-state index contributed by atoms with van der Waals surface area (Å²) in [7, 11) is -2.20. The van der Waals surface area contributed by atoms with Crippen LogP contribution in [0.4, 0.5) is 0 Å². The molecule has 0 heterocycles. The van der Waals surface area contributed by atoms with Crippen LogP contribution in [0.5, 0.6) is 0 Å². The van der Waals surface area contributed by atoms with Crippen LogP contribution in [-0.4, -0.2) is 28.0 Å². The van der Waals surface area contributed by atoms with E-state index in [-0.39, 0.29) is 10.9 Å². The zero-order valence-electron chi connectivity index (χ0n) is 12.2. The molecule has 0 aliphatic heterocycles. The van der Waals surface area contributed by atoms with Gasteiger partial charge in [0.1, 0.15) is 0 Å². The number of hydrogen-bond donors (Lipinski definition) is 1. The molecule has 1 aromatic carbocycles. The Labute approximate surface area is 130 Å². The Morgan fingerprint density at radius 2 is 2.00 bits per heavy atom. The van der Waals surface area contributed by atoms with Gasteiger partial charge in [-0.3, -0.25) is 4.79 Å². The molecule has 1 N–H and O–H groups in total. The minimum absolute atomic E-state index is 0.199. The molecule has 0 saturated carbocycles. The topological polar surface area (TPSA) is 72.5 Å². The number of ether oxygens (including phenoxy) is 1. The smallest absolute Gasteiger partial charge is 0.305 e. The number of esters is 1. The molecule has 7 heteroatoms. The first-order chi connectivity index (χ1) is 9.88. The minimum atomic E-state index is -3.55. The van der Waals surface area contributed by atoms with Crippen LogP contribution in [0.25, 0.3) is 0 Å². The van der Waals surface area contributed by atoms with Crippen LogP contribution in [0.15, 0.2) is 23.1 Å². The second kappa shape index (κ2) is 8.36. The number of sulfonamides is 1. The number of carbonyl (C=O) groups excluding carboxylic acids is 1. The van der Waals surface area contributed by atoms with E-state index in [1.165, 1.54) is 13.2 Å². The van der Waals surface area contributed by atoms with Gasteiger partial charge in [-0.05, 0) is 37.5 Å². The van der Waals surface area contributed by atoms with Gasteiger partial charge < -0.3 is 4.74 Å². The van der Waals surface area contributed by atoms with E-state index in [1.54, 1.807) is 19.1 Å². The number of hydrogen-bond acceptors (Lipinski definition) is 4. The molecular weight excluding hydrogens is 314 g/mol. The Bertz CT molecular complexity index is 587. The van der Waals surface area contributed by atoms with E-state index in [0.717, 1.165) is 6.42 Å². The van der Waals surface area contributed by atoms with Gasteiger partial charge in [-0.2, -0.15) is 0 Å². The van der Waals surface area contributed by atoms with Crippen molar-refractivity contribution < 1.29 is 17.9 Å². The van der Waals surface area contributed by atoms with Crippen molar-refractivity contribution in [3.05, 3.63) is 28.8 Å². The minimum Gasteiger partial charge on any atom is -0.469 e. The van der Waals surface area contributed by atoms with Gasteiger partial charge in [-0.15, -0.1) is 0 Å². The molecule has 0 amide bonds. The lowest BCUT2D eigenvalue weighted by Gasteiger charge is -2.10. The number of methoxy groups -OCH3 is 1. The molecule has 0 unspecified atom stereocenters. The van der Waals surface area contributed by atoms with Crippen LogP contribution in [0.3, 0.4) is 0 Å². The highest BCUT2D eigenvalue weighted by molar-refractivity contribution is 7.89. The van der Waals surface area contributed by atoms with Gasteiger partial charge in [0, 0.05) is 18.0 Å². The van der Waals surface area contributed by atoms with Crippen molar-refractivity contribution in [1.29, 1.82) is 0 Å². The molecule has 118 valence electrons. The third kappa shape index (κ3) is 5.65. The molecule has 0 aliphatic carbocycles. The molecule has 21 heavy (non-hydrogen) atoms. The third-order valence-corrected chi connectivity index (χ3v) is 5.10. The standard InChI is InChI=1S/C14H20ClNO4S/c1-11-12(15)7-6-8-13(11)21(18,19)16-10-5-3-4-9-14(17)20-2/h6-8,16H,3-5,9-10H2,1-2H3. The Morgan fingerprint density at radius 1 is 1.29 bits per heavy atom. The molecule has 0 aromatic heterocycles. The molecule has 0 saturated heterocycles. The average Bonchev–Trinajstić information content (AvgIpc) is 2.45. The lowest BCUT2D eigenvalue weighted by molar-refractivity contribution is -0.140. The highest BCUT2D eigenvalue weighted by atomic mass is 35.5. The molecule has 1 aromatic rings. The number of halogens is 1. The van der Waals surface area contributed by atoms with Crippen molar-refractivity contribution >= 4 is 27.6 Å². The maximum absolute atomic E-state index is 12.1. The van der Waals surface area contributed by atoms with Gasteiger partial charge >= 0.3 is 5.97 Å². The molecule has 1 rings (SSSR count). The summed E-state index contributed by atoms with van der Waals surface area (Å²) in [5, 5.41) is 0.427. The van der Waals surface area contributed by atoms with Crippen molar-refractivity contribution in [2.24, 2.45) is 0 Å². The van der Waals surface area contributed by atoms with Crippen molar-refractivity contribution in [2.45, 2.75) is 37.5 Å². The summed E-state index contributed by atoms with van der Waals surface area (Å²) < 4.78 is 31.4. The molecule has 0 bridgehead atoms. The van der Waals surface area contributed by atoms with Crippen molar-refractivity contribution in [3.63, 3.8) is 0 Å². The summed E-state index contributed by atoms with van der Waals surface area (Å²) in [4.78, 5) is 11.1.